The quantitative estimate of drug-likeness (QED) is 0.537. The zero-order valence-electron chi connectivity index (χ0n) is 15.9. The number of hydrogen-bond donors (Lipinski definition) is 0. The van der Waals surface area contributed by atoms with E-state index in [1.807, 2.05) is 49.1 Å². The van der Waals surface area contributed by atoms with Crippen LogP contribution in [0.15, 0.2) is 67.4 Å². The summed E-state index contributed by atoms with van der Waals surface area (Å²) in [7, 11) is 0. The molecule has 1 aliphatic rings. The van der Waals surface area contributed by atoms with Gasteiger partial charge in [0.05, 0.1) is 11.9 Å². The van der Waals surface area contributed by atoms with Crippen molar-refractivity contribution in [2.45, 2.75) is 6.54 Å². The predicted molar refractivity (Wildman–Crippen MR) is 110 cm³/mol. The van der Waals surface area contributed by atoms with Gasteiger partial charge in [-0.1, -0.05) is 12.1 Å². The van der Waals surface area contributed by atoms with Crippen LogP contribution in [-0.4, -0.2) is 50.4 Å². The molecular weight excluding hydrogens is 367 g/mol. The van der Waals surface area contributed by atoms with Crippen LogP contribution < -0.4 is 4.90 Å². The van der Waals surface area contributed by atoms with Gasteiger partial charge in [0.1, 0.15) is 5.82 Å². The molecule has 3 aromatic heterocycles. The first-order valence-corrected chi connectivity index (χ1v) is 9.72. The number of piperazine rings is 1. The molecule has 0 N–H and O–H groups in total. The molecule has 1 aromatic carbocycles. The van der Waals surface area contributed by atoms with E-state index in [2.05, 4.69) is 29.2 Å². The topological polar surface area (TPSA) is 49.6 Å². The van der Waals surface area contributed by atoms with E-state index in [1.54, 1.807) is 6.20 Å². The van der Waals surface area contributed by atoms with Gasteiger partial charge in [-0.25, -0.2) is 14.4 Å². The average Bonchev–Trinajstić information content (AvgIpc) is 3.21. The lowest BCUT2D eigenvalue weighted by Gasteiger charge is -2.35. The number of benzene rings is 1. The van der Waals surface area contributed by atoms with Crippen LogP contribution in [0.1, 0.15) is 5.56 Å². The van der Waals surface area contributed by atoms with Gasteiger partial charge in [-0.15, -0.1) is 0 Å². The Morgan fingerprint density at radius 3 is 2.48 bits per heavy atom. The first-order chi connectivity index (χ1) is 14.3. The van der Waals surface area contributed by atoms with Crippen LogP contribution in [0.4, 0.5) is 10.2 Å². The third-order valence-electron chi connectivity index (χ3n) is 5.36. The summed E-state index contributed by atoms with van der Waals surface area (Å²) in [6.07, 6.45) is 9.26. The Labute approximate surface area is 168 Å². The predicted octanol–water partition coefficient (Wildman–Crippen LogP) is 3.25. The zero-order valence-corrected chi connectivity index (χ0v) is 15.9. The maximum absolute atomic E-state index is 13.1. The van der Waals surface area contributed by atoms with Crippen LogP contribution >= 0.6 is 0 Å². The van der Waals surface area contributed by atoms with E-state index in [0.717, 1.165) is 61.0 Å². The molecule has 0 bridgehead atoms. The number of fused-ring (bicyclic) bond motifs is 1. The minimum absolute atomic E-state index is 0.192. The molecule has 4 aromatic rings. The number of hydrogen-bond acceptors (Lipinski definition) is 5. The molecule has 146 valence electrons. The SMILES string of the molecule is Fc1ccc(CN2CCN(c3nccn4c(-c5cccnc5)cnc34)CC2)cc1. The lowest BCUT2D eigenvalue weighted by molar-refractivity contribution is 0.249. The van der Waals surface area contributed by atoms with Gasteiger partial charge in [0.25, 0.3) is 0 Å². The summed E-state index contributed by atoms with van der Waals surface area (Å²) in [5, 5.41) is 0. The molecule has 0 amide bonds. The smallest absolute Gasteiger partial charge is 0.180 e. The van der Waals surface area contributed by atoms with E-state index in [-0.39, 0.29) is 5.82 Å². The summed E-state index contributed by atoms with van der Waals surface area (Å²) >= 11 is 0. The van der Waals surface area contributed by atoms with E-state index >= 15 is 0 Å². The molecule has 0 radical (unpaired) electrons. The second-order valence-corrected chi connectivity index (χ2v) is 7.22. The molecular formula is C22H21FN6. The summed E-state index contributed by atoms with van der Waals surface area (Å²) in [5.74, 6) is 0.715. The minimum atomic E-state index is -0.192. The standard InChI is InChI=1S/C22H21FN6/c23-19-5-3-17(4-6-19)16-27-10-12-28(13-11-27)21-22-26-15-20(29(22)9-8-25-21)18-2-1-7-24-14-18/h1-9,14-15H,10-13,16H2. The van der Waals surface area contributed by atoms with Crippen molar-refractivity contribution in [1.82, 2.24) is 24.3 Å². The Morgan fingerprint density at radius 2 is 1.72 bits per heavy atom. The van der Waals surface area contributed by atoms with Gasteiger partial charge in [-0.2, -0.15) is 0 Å². The second-order valence-electron chi connectivity index (χ2n) is 7.22. The summed E-state index contributed by atoms with van der Waals surface area (Å²) in [5.41, 5.74) is 4.03. The monoisotopic (exact) mass is 388 g/mol. The van der Waals surface area contributed by atoms with Crippen molar-refractivity contribution in [2.24, 2.45) is 0 Å². The maximum Gasteiger partial charge on any atom is 0.180 e. The van der Waals surface area contributed by atoms with Crippen molar-refractivity contribution in [3.8, 4) is 11.3 Å². The van der Waals surface area contributed by atoms with Gasteiger partial charge in [0.15, 0.2) is 11.5 Å². The van der Waals surface area contributed by atoms with Crippen LogP contribution in [0.25, 0.3) is 16.9 Å². The molecule has 4 heterocycles. The number of rotatable bonds is 4. The van der Waals surface area contributed by atoms with E-state index in [0.29, 0.717) is 0 Å². The van der Waals surface area contributed by atoms with E-state index < -0.39 is 0 Å². The van der Waals surface area contributed by atoms with Crippen molar-refractivity contribution >= 4 is 11.5 Å². The summed E-state index contributed by atoms with van der Waals surface area (Å²) < 4.78 is 15.2. The third kappa shape index (κ3) is 3.56. The fourth-order valence-corrected chi connectivity index (χ4v) is 3.82. The number of anilines is 1. The van der Waals surface area contributed by atoms with Gasteiger partial charge in [-0.3, -0.25) is 14.3 Å². The summed E-state index contributed by atoms with van der Waals surface area (Å²) in [4.78, 5) is 18.2. The number of halogens is 1. The Morgan fingerprint density at radius 1 is 0.897 bits per heavy atom. The van der Waals surface area contributed by atoms with Crippen LogP contribution in [0.2, 0.25) is 0 Å². The lowest BCUT2D eigenvalue weighted by atomic mass is 10.2. The van der Waals surface area contributed by atoms with Crippen molar-refractivity contribution in [2.75, 3.05) is 31.1 Å². The Balaban J connectivity index is 1.33. The average molecular weight is 388 g/mol. The number of imidazole rings is 1. The summed E-state index contributed by atoms with van der Waals surface area (Å²) in [6.45, 7) is 4.44. The molecule has 0 spiro atoms. The highest BCUT2D eigenvalue weighted by Gasteiger charge is 2.21. The van der Waals surface area contributed by atoms with Gasteiger partial charge >= 0.3 is 0 Å². The molecule has 0 saturated carbocycles. The highest BCUT2D eigenvalue weighted by atomic mass is 19.1. The van der Waals surface area contributed by atoms with Gasteiger partial charge in [-0.05, 0) is 29.8 Å². The van der Waals surface area contributed by atoms with Crippen molar-refractivity contribution in [3.63, 3.8) is 0 Å². The van der Waals surface area contributed by atoms with Gasteiger partial charge < -0.3 is 4.90 Å². The van der Waals surface area contributed by atoms with Gasteiger partial charge in [0, 0.05) is 63.1 Å². The number of nitrogens with zero attached hydrogens (tertiary/aromatic N) is 6. The highest BCUT2D eigenvalue weighted by Crippen LogP contribution is 2.25. The third-order valence-corrected chi connectivity index (χ3v) is 5.36. The van der Waals surface area contributed by atoms with E-state index in [4.69, 9.17) is 0 Å². The molecule has 0 atom stereocenters. The molecule has 1 saturated heterocycles. The second kappa shape index (κ2) is 7.60. The van der Waals surface area contributed by atoms with Crippen LogP contribution in [0.5, 0.6) is 0 Å². The normalized spacial score (nSPS) is 15.1. The zero-order chi connectivity index (χ0) is 19.6. The Hall–Kier alpha value is -3.32. The first-order valence-electron chi connectivity index (χ1n) is 9.72. The molecule has 29 heavy (non-hydrogen) atoms. The minimum Gasteiger partial charge on any atom is -0.351 e. The lowest BCUT2D eigenvalue weighted by Crippen LogP contribution is -2.46. The largest absolute Gasteiger partial charge is 0.351 e. The maximum atomic E-state index is 13.1. The fraction of sp³-hybridized carbons (Fsp3) is 0.227. The highest BCUT2D eigenvalue weighted by molar-refractivity contribution is 5.71. The van der Waals surface area contributed by atoms with Crippen LogP contribution in [-0.2, 0) is 6.54 Å². The van der Waals surface area contributed by atoms with E-state index in [9.17, 15) is 4.39 Å². The molecule has 1 fully saturated rings. The molecule has 6 nitrogen and oxygen atoms in total. The van der Waals surface area contributed by atoms with Gasteiger partial charge in [0.2, 0.25) is 0 Å². The van der Waals surface area contributed by atoms with Crippen molar-refractivity contribution in [3.05, 3.63) is 78.8 Å². The first kappa shape index (κ1) is 17.8. The fourth-order valence-electron chi connectivity index (χ4n) is 3.82. The Bertz CT molecular complexity index is 1100. The molecule has 5 rings (SSSR count). The van der Waals surface area contributed by atoms with Crippen molar-refractivity contribution in [1.29, 1.82) is 0 Å². The molecule has 0 aliphatic carbocycles. The van der Waals surface area contributed by atoms with Crippen LogP contribution in [0, 0.1) is 5.82 Å². The molecule has 0 unspecified atom stereocenters. The van der Waals surface area contributed by atoms with Crippen LogP contribution in [0.3, 0.4) is 0 Å². The molecule has 1 aliphatic heterocycles. The Kier molecular flexibility index (Phi) is 4.65. The summed E-state index contributed by atoms with van der Waals surface area (Å²) in [6, 6.07) is 10.7. The van der Waals surface area contributed by atoms with Crippen molar-refractivity contribution < 1.29 is 4.39 Å². The number of aromatic nitrogens is 4. The van der Waals surface area contributed by atoms with E-state index in [1.165, 1.54) is 12.1 Å². The molecule has 7 heteroatoms. The number of pyridine rings is 1.